The minimum atomic E-state index is -0.684. The highest BCUT2D eigenvalue weighted by atomic mass is 19.1. The predicted octanol–water partition coefficient (Wildman–Crippen LogP) is 2.27. The number of nitrogen functional groups attached to an aromatic ring is 1. The Hall–Kier alpha value is -3.79. The molecule has 32 heavy (non-hydrogen) atoms. The van der Waals surface area contributed by atoms with Gasteiger partial charge in [0.1, 0.15) is 23.2 Å². The Balaban J connectivity index is 1.60. The summed E-state index contributed by atoms with van der Waals surface area (Å²) in [6.45, 7) is 2.44. The second kappa shape index (κ2) is 8.75. The maximum Gasteiger partial charge on any atom is 0.269 e. The van der Waals surface area contributed by atoms with E-state index in [1.165, 1.54) is 10.7 Å². The van der Waals surface area contributed by atoms with E-state index in [4.69, 9.17) is 11.6 Å². The van der Waals surface area contributed by atoms with E-state index in [-0.39, 0.29) is 17.6 Å². The van der Waals surface area contributed by atoms with Crippen LogP contribution >= 0.6 is 0 Å². The Morgan fingerprint density at radius 2 is 2.00 bits per heavy atom. The summed E-state index contributed by atoms with van der Waals surface area (Å²) in [5, 5.41) is 6.00. The van der Waals surface area contributed by atoms with Crippen LogP contribution in [0.4, 0.5) is 10.2 Å². The van der Waals surface area contributed by atoms with Gasteiger partial charge in [0.15, 0.2) is 5.69 Å². The molecule has 6 N–H and O–H groups in total. The van der Waals surface area contributed by atoms with Crippen LogP contribution in [0.2, 0.25) is 0 Å². The molecule has 1 fully saturated rings. The third-order valence-electron chi connectivity index (χ3n) is 5.50. The summed E-state index contributed by atoms with van der Waals surface area (Å²) in [5.41, 5.74) is 7.40. The molecule has 1 aliphatic rings. The predicted molar refractivity (Wildman–Crippen MR) is 118 cm³/mol. The summed E-state index contributed by atoms with van der Waals surface area (Å²) < 4.78 is 14.6. The molecule has 10 heteroatoms. The molecule has 3 aromatic rings. The van der Waals surface area contributed by atoms with Crippen LogP contribution in [0, 0.1) is 12.7 Å². The topological polar surface area (TPSA) is 141 Å². The number of nitrogens with one attached hydrogen (secondary N) is 2. The van der Waals surface area contributed by atoms with E-state index < -0.39 is 17.6 Å². The minimum absolute atomic E-state index is 0.0580. The first-order valence-electron chi connectivity index (χ1n) is 10.3. The minimum Gasteiger partial charge on any atom is -0.364 e. The van der Waals surface area contributed by atoms with Crippen molar-refractivity contribution in [1.82, 2.24) is 20.0 Å². The van der Waals surface area contributed by atoms with Gasteiger partial charge in [-0.15, -0.1) is 0 Å². The maximum absolute atomic E-state index is 13.4. The van der Waals surface area contributed by atoms with Crippen LogP contribution in [0.3, 0.4) is 0 Å². The Bertz CT molecular complexity index is 1170. The molecular formula is C22H24FN7O2. The Labute approximate surface area is 184 Å². The SMILES string of the molecule is Cc1cc(NC(=O)c2ccc(-c3nc(C4CCCCN4)n(N)c3C(N)=O)cc2)ncc1F. The van der Waals surface area contributed by atoms with Crippen molar-refractivity contribution in [3.8, 4) is 11.3 Å². The molecule has 0 aliphatic carbocycles. The third-order valence-corrected chi connectivity index (χ3v) is 5.50. The van der Waals surface area contributed by atoms with Gasteiger partial charge in [0.25, 0.3) is 11.8 Å². The second-order valence-electron chi connectivity index (χ2n) is 7.75. The van der Waals surface area contributed by atoms with Crippen molar-refractivity contribution >= 4 is 17.6 Å². The van der Waals surface area contributed by atoms with Gasteiger partial charge in [-0.3, -0.25) is 9.59 Å². The molecule has 9 nitrogen and oxygen atoms in total. The van der Waals surface area contributed by atoms with E-state index in [1.54, 1.807) is 31.2 Å². The summed E-state index contributed by atoms with van der Waals surface area (Å²) >= 11 is 0. The lowest BCUT2D eigenvalue weighted by Gasteiger charge is -2.22. The molecule has 1 aliphatic heterocycles. The molecule has 0 spiro atoms. The number of imidazole rings is 1. The van der Waals surface area contributed by atoms with Gasteiger partial charge in [-0.05, 0) is 50.1 Å². The quantitative estimate of drug-likeness (QED) is 0.451. The van der Waals surface area contributed by atoms with E-state index in [0.717, 1.165) is 32.0 Å². The van der Waals surface area contributed by atoms with Gasteiger partial charge < -0.3 is 22.2 Å². The molecule has 1 saturated heterocycles. The van der Waals surface area contributed by atoms with Gasteiger partial charge in [-0.2, -0.15) is 0 Å². The Morgan fingerprint density at radius 1 is 1.25 bits per heavy atom. The van der Waals surface area contributed by atoms with E-state index in [9.17, 15) is 14.0 Å². The van der Waals surface area contributed by atoms with Crippen LogP contribution in [-0.4, -0.2) is 33.0 Å². The number of nitrogens with two attached hydrogens (primary N) is 2. The molecular weight excluding hydrogens is 413 g/mol. The fraction of sp³-hybridized carbons (Fsp3) is 0.273. The second-order valence-corrected chi connectivity index (χ2v) is 7.75. The maximum atomic E-state index is 13.4. The van der Waals surface area contributed by atoms with Crippen LogP contribution in [0.1, 0.15) is 57.5 Å². The summed E-state index contributed by atoms with van der Waals surface area (Å²) in [6.07, 6.45) is 4.04. The van der Waals surface area contributed by atoms with Crippen molar-refractivity contribution in [2.45, 2.75) is 32.2 Å². The first kappa shape index (κ1) is 21.4. The number of aromatic nitrogens is 3. The number of hydrogen-bond acceptors (Lipinski definition) is 6. The molecule has 1 unspecified atom stereocenters. The summed E-state index contributed by atoms with van der Waals surface area (Å²) in [7, 11) is 0. The lowest BCUT2D eigenvalue weighted by atomic mass is 10.0. The van der Waals surface area contributed by atoms with E-state index in [1.807, 2.05) is 0 Å². The molecule has 0 radical (unpaired) electrons. The fourth-order valence-electron chi connectivity index (χ4n) is 3.78. The lowest BCUT2D eigenvalue weighted by Crippen LogP contribution is -2.32. The average Bonchev–Trinajstić information content (AvgIpc) is 3.14. The summed E-state index contributed by atoms with van der Waals surface area (Å²) in [5.74, 6) is 5.45. The Kier molecular flexibility index (Phi) is 5.87. The molecule has 2 aromatic heterocycles. The van der Waals surface area contributed by atoms with Crippen molar-refractivity contribution in [1.29, 1.82) is 0 Å². The highest BCUT2D eigenvalue weighted by Crippen LogP contribution is 2.29. The number of halogens is 1. The van der Waals surface area contributed by atoms with E-state index >= 15 is 0 Å². The standard InChI is InChI=1S/C22H24FN7O2/c1-12-10-17(27-11-15(12)23)28-22(32)14-7-5-13(6-8-14)18-19(20(24)31)30(25)21(29-18)16-4-2-3-9-26-16/h5-8,10-11,16,26H,2-4,9,25H2,1H3,(H2,24,31)(H,27,28,32). The van der Waals surface area contributed by atoms with Gasteiger partial charge >= 0.3 is 0 Å². The number of hydrogen-bond donors (Lipinski definition) is 4. The lowest BCUT2D eigenvalue weighted by molar-refractivity contribution is 0.0991. The van der Waals surface area contributed by atoms with Gasteiger partial charge in [0.05, 0.1) is 12.2 Å². The van der Waals surface area contributed by atoms with Crippen molar-refractivity contribution in [2.75, 3.05) is 17.7 Å². The zero-order valence-electron chi connectivity index (χ0n) is 17.6. The molecule has 166 valence electrons. The van der Waals surface area contributed by atoms with E-state index in [0.29, 0.717) is 28.2 Å². The number of nitrogens with zero attached hydrogens (tertiary/aromatic N) is 3. The number of piperidine rings is 1. The molecule has 2 amide bonds. The normalized spacial score (nSPS) is 16.0. The number of rotatable bonds is 5. The highest BCUT2D eigenvalue weighted by Gasteiger charge is 2.27. The largest absolute Gasteiger partial charge is 0.364 e. The first-order valence-corrected chi connectivity index (χ1v) is 10.3. The van der Waals surface area contributed by atoms with Gasteiger partial charge in [0, 0.05) is 11.1 Å². The van der Waals surface area contributed by atoms with Crippen molar-refractivity contribution in [3.05, 3.63) is 65.0 Å². The molecule has 0 bridgehead atoms. The van der Waals surface area contributed by atoms with Gasteiger partial charge in [-0.1, -0.05) is 18.6 Å². The zero-order valence-corrected chi connectivity index (χ0v) is 17.6. The highest BCUT2D eigenvalue weighted by molar-refractivity contribution is 6.04. The summed E-state index contributed by atoms with van der Waals surface area (Å²) in [4.78, 5) is 33.1. The number of pyridine rings is 1. The molecule has 0 saturated carbocycles. The van der Waals surface area contributed by atoms with Gasteiger partial charge in [-0.25, -0.2) is 19.0 Å². The molecule has 3 heterocycles. The third kappa shape index (κ3) is 4.17. The number of anilines is 1. The van der Waals surface area contributed by atoms with E-state index in [2.05, 4.69) is 20.6 Å². The number of benzene rings is 1. The van der Waals surface area contributed by atoms with Gasteiger partial charge in [0.2, 0.25) is 0 Å². The van der Waals surface area contributed by atoms with Crippen molar-refractivity contribution < 1.29 is 14.0 Å². The number of amides is 2. The zero-order chi connectivity index (χ0) is 22.8. The number of carbonyl (C=O) groups is 2. The van der Waals surface area contributed by atoms with Crippen LogP contribution in [0.25, 0.3) is 11.3 Å². The van der Waals surface area contributed by atoms with Crippen LogP contribution in [0.15, 0.2) is 36.5 Å². The summed E-state index contributed by atoms with van der Waals surface area (Å²) in [6, 6.07) is 7.93. The van der Waals surface area contributed by atoms with Crippen molar-refractivity contribution in [3.63, 3.8) is 0 Å². The molecule has 1 aromatic carbocycles. The van der Waals surface area contributed by atoms with Crippen LogP contribution in [0.5, 0.6) is 0 Å². The number of aryl methyl sites for hydroxylation is 1. The van der Waals surface area contributed by atoms with Crippen molar-refractivity contribution in [2.24, 2.45) is 5.73 Å². The fourth-order valence-corrected chi connectivity index (χ4v) is 3.78. The smallest absolute Gasteiger partial charge is 0.269 e. The monoisotopic (exact) mass is 437 g/mol. The average molecular weight is 437 g/mol. The van der Waals surface area contributed by atoms with Crippen LogP contribution in [-0.2, 0) is 0 Å². The first-order chi connectivity index (χ1) is 15.3. The molecule has 4 rings (SSSR count). The molecule has 1 atom stereocenters. The number of primary amides is 1. The number of carbonyl (C=O) groups excluding carboxylic acids is 2. The Morgan fingerprint density at radius 3 is 2.62 bits per heavy atom. The van der Waals surface area contributed by atoms with Crippen LogP contribution < -0.4 is 22.2 Å².